The molecule has 11 heteroatoms. The summed E-state index contributed by atoms with van der Waals surface area (Å²) >= 11 is 5.41. The summed E-state index contributed by atoms with van der Waals surface area (Å²) in [6.45, 7) is 4.92. The summed E-state index contributed by atoms with van der Waals surface area (Å²) < 4.78 is 35.5. The Kier molecular flexibility index (Phi) is 7.88. The number of nitrogens with one attached hydrogen (secondary N) is 2. The van der Waals surface area contributed by atoms with Crippen molar-refractivity contribution in [1.29, 1.82) is 0 Å². The number of benzene rings is 2. The molecule has 0 aliphatic carbocycles. The Balaban J connectivity index is 1.74. The first kappa shape index (κ1) is 27.0. The molecule has 196 valence electrons. The number of aliphatic hydroxyl groups is 1. The molecule has 4 rings (SSSR count). The second-order valence-corrected chi connectivity index (χ2v) is 9.41. The Hall–Kier alpha value is -4.09. The highest BCUT2D eigenvalue weighted by Crippen LogP contribution is 2.38. The SMILES string of the molecule is Cc1noc(C)c1C(O)CC(C)(NC(=S)NC(=O)c1ccccc1)c1cc(-c2cncnc2)c(F)cc1F. The molecule has 0 radical (unpaired) electrons. The molecule has 2 unspecified atom stereocenters. The Morgan fingerprint density at radius 2 is 1.82 bits per heavy atom. The molecule has 0 spiro atoms. The average molecular weight is 538 g/mol. The molecule has 0 saturated carbocycles. The van der Waals surface area contributed by atoms with E-state index in [0.29, 0.717) is 28.1 Å². The highest BCUT2D eigenvalue weighted by atomic mass is 32.1. The first-order valence-electron chi connectivity index (χ1n) is 11.6. The van der Waals surface area contributed by atoms with E-state index in [1.54, 1.807) is 51.1 Å². The largest absolute Gasteiger partial charge is 0.388 e. The van der Waals surface area contributed by atoms with E-state index in [1.165, 1.54) is 24.8 Å². The van der Waals surface area contributed by atoms with Gasteiger partial charge in [-0.25, -0.2) is 18.7 Å². The number of aliphatic hydroxyl groups excluding tert-OH is 1. The third-order valence-corrected chi connectivity index (χ3v) is 6.40. The molecule has 2 aromatic heterocycles. The molecular formula is C27H25F2N5O3S. The van der Waals surface area contributed by atoms with Crippen LogP contribution in [0.15, 0.2) is 65.7 Å². The van der Waals surface area contributed by atoms with Crippen LogP contribution in [-0.2, 0) is 5.54 Å². The van der Waals surface area contributed by atoms with Crippen molar-refractivity contribution < 1.29 is 23.2 Å². The zero-order valence-electron chi connectivity index (χ0n) is 20.8. The van der Waals surface area contributed by atoms with Crippen LogP contribution in [0.1, 0.15) is 52.4 Å². The van der Waals surface area contributed by atoms with E-state index in [-0.39, 0.29) is 22.7 Å². The lowest BCUT2D eigenvalue weighted by molar-refractivity contribution is 0.0974. The zero-order chi connectivity index (χ0) is 27.4. The van der Waals surface area contributed by atoms with Crippen molar-refractivity contribution in [3.05, 3.63) is 101 Å². The van der Waals surface area contributed by atoms with Crippen LogP contribution < -0.4 is 10.6 Å². The van der Waals surface area contributed by atoms with Crippen molar-refractivity contribution in [2.75, 3.05) is 0 Å². The number of carbonyl (C=O) groups excluding carboxylic acids is 1. The van der Waals surface area contributed by atoms with E-state index in [4.69, 9.17) is 16.7 Å². The Morgan fingerprint density at radius 3 is 2.45 bits per heavy atom. The van der Waals surface area contributed by atoms with Gasteiger partial charge >= 0.3 is 0 Å². The number of hydrogen-bond acceptors (Lipinski definition) is 7. The minimum atomic E-state index is -1.43. The van der Waals surface area contributed by atoms with E-state index < -0.39 is 29.2 Å². The molecule has 0 saturated heterocycles. The summed E-state index contributed by atoms with van der Waals surface area (Å²) in [6.07, 6.45) is 2.80. The standard InChI is InChI=1S/C27H25F2N5O3S/c1-15-24(16(2)37-34-15)23(35)11-27(3,33-26(38)32-25(36)17-7-5-4-6-8-17)20-9-19(21(28)10-22(20)29)18-12-30-14-31-13-18/h4-10,12-14,23,35H,11H2,1-3H3,(H2,32,33,36,38). The summed E-state index contributed by atoms with van der Waals surface area (Å²) in [6, 6.07) is 10.5. The Morgan fingerprint density at radius 1 is 1.13 bits per heavy atom. The monoisotopic (exact) mass is 537 g/mol. The molecule has 2 heterocycles. The number of halogens is 2. The zero-order valence-corrected chi connectivity index (χ0v) is 21.6. The molecule has 1 amide bonds. The van der Waals surface area contributed by atoms with Gasteiger partial charge in [-0.3, -0.25) is 10.1 Å². The van der Waals surface area contributed by atoms with Crippen LogP contribution in [0.5, 0.6) is 0 Å². The molecule has 38 heavy (non-hydrogen) atoms. The maximum atomic E-state index is 15.4. The number of hydrogen-bond donors (Lipinski definition) is 3. The highest BCUT2D eigenvalue weighted by Gasteiger charge is 2.36. The average Bonchev–Trinajstić information content (AvgIpc) is 3.22. The second-order valence-electron chi connectivity index (χ2n) is 9.00. The third-order valence-electron chi connectivity index (χ3n) is 6.20. The summed E-state index contributed by atoms with van der Waals surface area (Å²) in [5.41, 5.74) is 0.239. The van der Waals surface area contributed by atoms with Gasteiger partial charge < -0.3 is 14.9 Å². The molecule has 0 aliphatic heterocycles. The van der Waals surface area contributed by atoms with Crippen LogP contribution in [0.3, 0.4) is 0 Å². The molecule has 4 aromatic rings. The van der Waals surface area contributed by atoms with Crippen LogP contribution in [0.25, 0.3) is 11.1 Å². The molecule has 3 N–H and O–H groups in total. The lowest BCUT2D eigenvalue weighted by atomic mass is 9.82. The smallest absolute Gasteiger partial charge is 0.257 e. The van der Waals surface area contributed by atoms with E-state index in [9.17, 15) is 14.3 Å². The Labute approximate surface area is 223 Å². The van der Waals surface area contributed by atoms with Gasteiger partial charge in [0.2, 0.25) is 0 Å². The van der Waals surface area contributed by atoms with Crippen molar-refractivity contribution in [3.63, 3.8) is 0 Å². The van der Waals surface area contributed by atoms with Gasteiger partial charge in [0, 0.05) is 52.7 Å². The van der Waals surface area contributed by atoms with Crippen LogP contribution in [0, 0.1) is 25.5 Å². The van der Waals surface area contributed by atoms with Gasteiger partial charge in [0.15, 0.2) is 5.11 Å². The van der Waals surface area contributed by atoms with Gasteiger partial charge in [-0.2, -0.15) is 0 Å². The molecular weight excluding hydrogens is 512 g/mol. The quantitative estimate of drug-likeness (QED) is 0.292. The van der Waals surface area contributed by atoms with Crippen LogP contribution in [0.4, 0.5) is 8.78 Å². The fourth-order valence-corrected chi connectivity index (χ4v) is 4.68. The van der Waals surface area contributed by atoms with Crippen LogP contribution >= 0.6 is 12.2 Å². The van der Waals surface area contributed by atoms with Gasteiger partial charge in [0.05, 0.1) is 17.3 Å². The second kappa shape index (κ2) is 11.1. The fourth-order valence-electron chi connectivity index (χ4n) is 4.36. The minimum absolute atomic E-state index is 0.000117. The number of amides is 1. The molecule has 2 atom stereocenters. The number of aryl methyl sites for hydroxylation is 2. The lowest BCUT2D eigenvalue weighted by Crippen LogP contribution is -2.50. The highest BCUT2D eigenvalue weighted by molar-refractivity contribution is 7.80. The van der Waals surface area contributed by atoms with Crippen molar-refractivity contribution in [2.45, 2.75) is 38.8 Å². The van der Waals surface area contributed by atoms with E-state index >= 15 is 4.39 Å². The van der Waals surface area contributed by atoms with Crippen molar-refractivity contribution in [1.82, 2.24) is 25.8 Å². The number of thiocarbonyl (C=S) groups is 1. The van der Waals surface area contributed by atoms with Gasteiger partial charge in [0.25, 0.3) is 5.91 Å². The van der Waals surface area contributed by atoms with Crippen LogP contribution in [0.2, 0.25) is 0 Å². The molecule has 0 aliphatic rings. The van der Waals surface area contributed by atoms with E-state index in [2.05, 4.69) is 25.8 Å². The van der Waals surface area contributed by atoms with E-state index in [0.717, 1.165) is 6.07 Å². The fraction of sp³-hybridized carbons (Fsp3) is 0.222. The molecule has 8 nitrogen and oxygen atoms in total. The lowest BCUT2D eigenvalue weighted by Gasteiger charge is -2.35. The first-order chi connectivity index (χ1) is 18.1. The van der Waals surface area contributed by atoms with Crippen LogP contribution in [-0.4, -0.2) is 31.3 Å². The van der Waals surface area contributed by atoms with Gasteiger partial charge in [-0.05, 0) is 51.2 Å². The molecule has 0 bridgehead atoms. The molecule has 2 aromatic carbocycles. The maximum absolute atomic E-state index is 15.4. The predicted octanol–water partition coefficient (Wildman–Crippen LogP) is 4.67. The minimum Gasteiger partial charge on any atom is -0.388 e. The topological polar surface area (TPSA) is 113 Å². The van der Waals surface area contributed by atoms with Gasteiger partial charge in [-0.1, -0.05) is 23.4 Å². The maximum Gasteiger partial charge on any atom is 0.257 e. The predicted molar refractivity (Wildman–Crippen MR) is 140 cm³/mol. The summed E-state index contributed by atoms with van der Waals surface area (Å²) in [4.78, 5) is 20.5. The number of carbonyl (C=O) groups is 1. The normalized spacial score (nSPS) is 13.4. The summed E-state index contributed by atoms with van der Waals surface area (Å²) in [5.74, 6) is -1.76. The molecule has 0 fully saturated rings. The third kappa shape index (κ3) is 5.74. The summed E-state index contributed by atoms with van der Waals surface area (Å²) in [7, 11) is 0. The first-order valence-corrected chi connectivity index (χ1v) is 12.0. The number of nitrogens with zero attached hydrogens (tertiary/aromatic N) is 3. The van der Waals surface area contributed by atoms with Gasteiger partial charge in [0.1, 0.15) is 23.7 Å². The van der Waals surface area contributed by atoms with Crippen molar-refractivity contribution in [2.24, 2.45) is 0 Å². The van der Waals surface area contributed by atoms with Crippen molar-refractivity contribution in [3.8, 4) is 11.1 Å². The number of rotatable bonds is 7. The summed E-state index contributed by atoms with van der Waals surface area (Å²) in [5, 5.41) is 20.5. The van der Waals surface area contributed by atoms with E-state index in [1.807, 2.05) is 0 Å². The van der Waals surface area contributed by atoms with Crippen molar-refractivity contribution >= 4 is 23.2 Å². The number of aromatic nitrogens is 3. The van der Waals surface area contributed by atoms with Gasteiger partial charge in [-0.15, -0.1) is 0 Å². The Bertz CT molecular complexity index is 1450.